The van der Waals surface area contributed by atoms with Gasteiger partial charge in [0.15, 0.2) is 11.6 Å². The first kappa shape index (κ1) is 15.5. The maximum Gasteiger partial charge on any atom is 0.313 e. The van der Waals surface area contributed by atoms with E-state index >= 15 is 0 Å². The lowest BCUT2D eigenvalue weighted by Gasteiger charge is -2.25. The number of ether oxygens (including phenoxy) is 1. The fourth-order valence-corrected chi connectivity index (χ4v) is 2.45. The van der Waals surface area contributed by atoms with E-state index in [9.17, 15) is 14.5 Å². The molecule has 1 saturated carbocycles. The van der Waals surface area contributed by atoms with E-state index in [1.54, 1.807) is 0 Å². The topological polar surface area (TPSA) is 67.6 Å². The quantitative estimate of drug-likeness (QED) is 0.618. The van der Waals surface area contributed by atoms with Crippen LogP contribution in [0.1, 0.15) is 12.8 Å². The molecule has 0 amide bonds. The van der Waals surface area contributed by atoms with E-state index in [0.29, 0.717) is 18.5 Å². The molecular weight excluding hydrogens is 277 g/mol. The molecule has 0 spiro atoms. The van der Waals surface area contributed by atoms with Crippen LogP contribution in [0.4, 0.5) is 15.8 Å². The van der Waals surface area contributed by atoms with Gasteiger partial charge >= 0.3 is 5.69 Å². The van der Waals surface area contributed by atoms with Crippen LogP contribution in [-0.2, 0) is 0 Å². The summed E-state index contributed by atoms with van der Waals surface area (Å²) in [5, 5.41) is 13.9. The molecule has 6 nitrogen and oxygen atoms in total. The van der Waals surface area contributed by atoms with Crippen molar-refractivity contribution in [3.63, 3.8) is 0 Å². The Kier molecular flexibility index (Phi) is 4.62. The van der Waals surface area contributed by atoms with Gasteiger partial charge < -0.3 is 15.0 Å². The first-order valence-electron chi connectivity index (χ1n) is 6.86. The molecule has 2 rings (SSSR count). The third-order valence-corrected chi connectivity index (χ3v) is 3.80. The number of rotatable bonds is 7. The number of halogens is 1. The molecule has 1 aromatic carbocycles. The second-order valence-corrected chi connectivity index (χ2v) is 5.51. The van der Waals surface area contributed by atoms with Gasteiger partial charge in [-0.05, 0) is 32.9 Å². The van der Waals surface area contributed by atoms with Gasteiger partial charge in [-0.15, -0.1) is 0 Å². The molecule has 0 radical (unpaired) electrons. The van der Waals surface area contributed by atoms with Crippen molar-refractivity contribution in [2.24, 2.45) is 5.92 Å². The summed E-state index contributed by atoms with van der Waals surface area (Å²) in [6.45, 7) is 0.593. The minimum atomic E-state index is -0.654. The third kappa shape index (κ3) is 3.60. The van der Waals surface area contributed by atoms with Crippen LogP contribution in [0.5, 0.6) is 5.75 Å². The standard InChI is InChI=1S/C14H20FN3O3/c1-17(2)13(9-4-5-9)8-16-11-7-14(21-3)12(18(19)20)6-10(11)15/h6-7,9,13,16H,4-5,8H2,1-3H3. The highest BCUT2D eigenvalue weighted by Gasteiger charge is 2.32. The van der Waals surface area contributed by atoms with E-state index in [-0.39, 0.29) is 17.1 Å². The Morgan fingerprint density at radius 2 is 2.19 bits per heavy atom. The summed E-state index contributed by atoms with van der Waals surface area (Å²) >= 11 is 0. The molecule has 0 aliphatic heterocycles. The summed E-state index contributed by atoms with van der Waals surface area (Å²) in [5.74, 6) is 0.0445. The molecule has 1 aromatic rings. The smallest absolute Gasteiger partial charge is 0.313 e. The lowest BCUT2D eigenvalue weighted by molar-refractivity contribution is -0.385. The number of nitro benzene ring substituents is 1. The van der Waals surface area contributed by atoms with Crippen molar-refractivity contribution >= 4 is 11.4 Å². The SMILES string of the molecule is COc1cc(NCC(C2CC2)N(C)C)c(F)cc1[N+](=O)[O-]. The summed E-state index contributed by atoms with van der Waals surface area (Å²) in [5.41, 5.74) is -0.142. The first-order valence-corrected chi connectivity index (χ1v) is 6.86. The fraction of sp³-hybridized carbons (Fsp3) is 0.571. The van der Waals surface area contributed by atoms with E-state index in [1.165, 1.54) is 26.0 Å². The minimum Gasteiger partial charge on any atom is -0.490 e. The summed E-state index contributed by atoms with van der Waals surface area (Å²) < 4.78 is 18.9. The number of methoxy groups -OCH3 is 1. The Bertz CT molecular complexity index is 530. The molecule has 1 aliphatic carbocycles. The molecule has 1 unspecified atom stereocenters. The first-order chi connectivity index (χ1) is 9.93. The number of nitro groups is 1. The Morgan fingerprint density at radius 1 is 1.52 bits per heavy atom. The molecule has 7 heteroatoms. The lowest BCUT2D eigenvalue weighted by Crippen LogP contribution is -2.36. The maximum atomic E-state index is 14.0. The molecule has 0 aromatic heterocycles. The fourth-order valence-electron chi connectivity index (χ4n) is 2.45. The van der Waals surface area contributed by atoms with Crippen molar-refractivity contribution in [2.75, 3.05) is 33.1 Å². The summed E-state index contributed by atoms with van der Waals surface area (Å²) in [4.78, 5) is 12.3. The van der Waals surface area contributed by atoms with Crippen molar-refractivity contribution in [1.29, 1.82) is 0 Å². The molecule has 0 bridgehead atoms. The van der Waals surface area contributed by atoms with Crippen LogP contribution in [0.25, 0.3) is 0 Å². The normalized spacial score (nSPS) is 15.9. The van der Waals surface area contributed by atoms with E-state index in [1.807, 2.05) is 14.1 Å². The Morgan fingerprint density at radius 3 is 2.67 bits per heavy atom. The molecule has 1 aliphatic rings. The number of hydrogen-bond donors (Lipinski definition) is 1. The number of anilines is 1. The second-order valence-electron chi connectivity index (χ2n) is 5.51. The highest BCUT2D eigenvalue weighted by Crippen LogP contribution is 2.36. The van der Waals surface area contributed by atoms with Crippen molar-refractivity contribution < 1.29 is 14.1 Å². The Labute approximate surface area is 123 Å². The van der Waals surface area contributed by atoms with Gasteiger partial charge in [-0.25, -0.2) is 4.39 Å². The number of likely N-dealkylation sites (N-methyl/N-ethyl adjacent to an activating group) is 1. The van der Waals surface area contributed by atoms with Crippen molar-refractivity contribution in [2.45, 2.75) is 18.9 Å². The zero-order chi connectivity index (χ0) is 15.6. The van der Waals surface area contributed by atoms with E-state index < -0.39 is 10.7 Å². The van der Waals surface area contributed by atoms with Gasteiger partial charge in [0.1, 0.15) is 0 Å². The largest absolute Gasteiger partial charge is 0.490 e. The molecular formula is C14H20FN3O3. The highest BCUT2D eigenvalue weighted by atomic mass is 19.1. The van der Waals surface area contributed by atoms with Gasteiger partial charge in [0.25, 0.3) is 0 Å². The summed E-state index contributed by atoms with van der Waals surface area (Å²) in [7, 11) is 5.33. The zero-order valence-electron chi connectivity index (χ0n) is 12.4. The van der Waals surface area contributed by atoms with Gasteiger partial charge in [-0.3, -0.25) is 10.1 Å². The molecule has 1 N–H and O–H groups in total. The monoisotopic (exact) mass is 297 g/mol. The van der Waals surface area contributed by atoms with Gasteiger partial charge in [-0.2, -0.15) is 0 Å². The Hall–Kier alpha value is -1.89. The van der Waals surface area contributed by atoms with Crippen LogP contribution in [0.3, 0.4) is 0 Å². The Balaban J connectivity index is 2.14. The van der Waals surface area contributed by atoms with E-state index in [2.05, 4.69) is 10.2 Å². The van der Waals surface area contributed by atoms with Crippen LogP contribution in [-0.4, -0.2) is 43.6 Å². The third-order valence-electron chi connectivity index (χ3n) is 3.80. The highest BCUT2D eigenvalue weighted by molar-refractivity contribution is 5.59. The van der Waals surface area contributed by atoms with E-state index in [0.717, 1.165) is 6.07 Å². The number of benzene rings is 1. The lowest BCUT2D eigenvalue weighted by atomic mass is 10.1. The predicted octanol–water partition coefficient (Wildman–Crippen LogP) is 2.49. The average Bonchev–Trinajstić information content (AvgIpc) is 3.24. The number of nitrogens with zero attached hydrogens (tertiary/aromatic N) is 2. The van der Waals surface area contributed by atoms with Gasteiger partial charge in [0.05, 0.1) is 23.8 Å². The minimum absolute atomic E-state index is 0.0525. The van der Waals surface area contributed by atoms with E-state index in [4.69, 9.17) is 4.74 Å². The van der Waals surface area contributed by atoms with Crippen molar-refractivity contribution in [1.82, 2.24) is 4.90 Å². The van der Waals surface area contributed by atoms with Crippen LogP contribution in [0, 0.1) is 21.8 Å². The second kappa shape index (κ2) is 6.26. The van der Waals surface area contributed by atoms with Crippen molar-refractivity contribution in [3.05, 3.63) is 28.1 Å². The number of nitrogens with one attached hydrogen (secondary N) is 1. The molecule has 1 fully saturated rings. The van der Waals surface area contributed by atoms with Crippen LogP contribution < -0.4 is 10.1 Å². The number of hydrogen-bond acceptors (Lipinski definition) is 5. The van der Waals surface area contributed by atoms with Gasteiger partial charge in [0, 0.05) is 18.7 Å². The molecule has 1 atom stereocenters. The zero-order valence-corrected chi connectivity index (χ0v) is 12.4. The van der Waals surface area contributed by atoms with Crippen LogP contribution in [0.2, 0.25) is 0 Å². The maximum absolute atomic E-state index is 14.0. The predicted molar refractivity (Wildman–Crippen MR) is 78.3 cm³/mol. The summed E-state index contributed by atoms with van der Waals surface area (Å²) in [6, 6.07) is 2.56. The van der Waals surface area contributed by atoms with Gasteiger partial charge in [-0.1, -0.05) is 0 Å². The van der Waals surface area contributed by atoms with Crippen LogP contribution >= 0.6 is 0 Å². The summed E-state index contributed by atoms with van der Waals surface area (Å²) in [6.07, 6.45) is 2.38. The van der Waals surface area contributed by atoms with Crippen LogP contribution in [0.15, 0.2) is 12.1 Å². The molecule has 21 heavy (non-hydrogen) atoms. The van der Waals surface area contributed by atoms with Crippen molar-refractivity contribution in [3.8, 4) is 5.75 Å². The van der Waals surface area contributed by atoms with Gasteiger partial charge in [0.2, 0.25) is 0 Å². The molecule has 0 saturated heterocycles. The average molecular weight is 297 g/mol. The molecule has 0 heterocycles. The molecule has 116 valence electrons.